The summed E-state index contributed by atoms with van der Waals surface area (Å²) < 4.78 is 51.5. The fourth-order valence-corrected chi connectivity index (χ4v) is 4.25. The maximum Gasteiger partial charge on any atom is 0.494 e. The Labute approximate surface area is 184 Å². The molecule has 1 aromatic carbocycles. The summed E-state index contributed by atoms with van der Waals surface area (Å²) in [5.74, 6) is -0.344. The number of carbonyl (C=O) groups excluding carboxylic acids is 1. The van der Waals surface area contributed by atoms with Gasteiger partial charge in [0.25, 0.3) is 5.91 Å². The van der Waals surface area contributed by atoms with Crippen LogP contribution in [0.5, 0.6) is 0 Å². The highest BCUT2D eigenvalue weighted by atomic mass is 35.5. The fraction of sp³-hybridized carbons (Fsp3) is 0.550. The molecule has 3 aliphatic rings. The lowest BCUT2D eigenvalue weighted by molar-refractivity contribution is -0.137. The molecule has 0 spiro atoms. The Morgan fingerprint density at radius 3 is 2.35 bits per heavy atom. The number of hydrogen-bond donors (Lipinski definition) is 1. The minimum Gasteiger partial charge on any atom is -0.399 e. The van der Waals surface area contributed by atoms with Crippen LogP contribution < -0.4 is 10.3 Å². The molecule has 4 rings (SSSR count). The van der Waals surface area contributed by atoms with E-state index in [-0.39, 0.29) is 18.5 Å². The third-order valence-electron chi connectivity index (χ3n) is 6.43. The highest BCUT2D eigenvalue weighted by Crippen LogP contribution is 2.42. The molecule has 2 fully saturated rings. The fourth-order valence-electron chi connectivity index (χ4n) is 3.97. The first-order chi connectivity index (χ1) is 14.2. The van der Waals surface area contributed by atoms with Gasteiger partial charge in [0.05, 0.1) is 27.8 Å². The van der Waals surface area contributed by atoms with Crippen molar-refractivity contribution in [3.8, 4) is 0 Å². The molecule has 11 heteroatoms. The van der Waals surface area contributed by atoms with Crippen molar-refractivity contribution >= 4 is 30.3 Å². The van der Waals surface area contributed by atoms with E-state index in [0.717, 1.165) is 6.07 Å². The number of rotatable bonds is 2. The van der Waals surface area contributed by atoms with Crippen LogP contribution in [0.15, 0.2) is 29.4 Å². The summed E-state index contributed by atoms with van der Waals surface area (Å²) in [6.45, 7) is 10.3. The van der Waals surface area contributed by atoms with Crippen molar-refractivity contribution in [3.63, 3.8) is 0 Å². The number of alkyl halides is 3. The molecule has 6 nitrogen and oxygen atoms in total. The zero-order chi connectivity index (χ0) is 22.9. The normalized spacial score (nSPS) is 25.5. The molecule has 1 amide bonds. The number of piperazine rings is 1. The Morgan fingerprint density at radius 1 is 1.19 bits per heavy atom. The number of nitrogens with one attached hydrogen (secondary N) is 1. The monoisotopic (exact) mass is 457 g/mol. The van der Waals surface area contributed by atoms with Gasteiger partial charge >= 0.3 is 13.3 Å². The van der Waals surface area contributed by atoms with Gasteiger partial charge in [0, 0.05) is 24.2 Å². The number of benzene rings is 1. The van der Waals surface area contributed by atoms with E-state index >= 15 is 0 Å². The minimum atomic E-state index is -4.56. The van der Waals surface area contributed by atoms with Gasteiger partial charge in [0.1, 0.15) is 5.70 Å². The minimum absolute atomic E-state index is 0.131. The lowest BCUT2D eigenvalue weighted by atomic mass is 9.76. The number of hydrogen-bond acceptors (Lipinski definition) is 5. The lowest BCUT2D eigenvalue weighted by Crippen LogP contribution is -2.55. The molecule has 1 aromatic rings. The van der Waals surface area contributed by atoms with Crippen LogP contribution >= 0.6 is 11.6 Å². The highest BCUT2D eigenvalue weighted by molar-refractivity contribution is 6.56. The van der Waals surface area contributed by atoms with Crippen molar-refractivity contribution in [2.75, 3.05) is 18.0 Å². The standard InChI is InChI=1S/C20H24BClF3N3O3/c1-11-10-27(12-6-7-13(15(22)8-12)20(23,24)25)17(29)16-14(9-26-28(11)16)21-30-18(2,3)19(4,5)31-21/h6-8,11,26H,9-10H2,1-5H3. The second-order valence-corrected chi connectivity index (χ2v) is 9.50. The molecular formula is C20H24BClF3N3O3. The van der Waals surface area contributed by atoms with E-state index in [1.807, 2.05) is 34.6 Å². The van der Waals surface area contributed by atoms with Gasteiger partial charge in [-0.2, -0.15) is 13.2 Å². The second-order valence-electron chi connectivity index (χ2n) is 9.09. The zero-order valence-corrected chi connectivity index (χ0v) is 18.7. The predicted molar refractivity (Wildman–Crippen MR) is 111 cm³/mol. The summed E-state index contributed by atoms with van der Waals surface area (Å²) in [4.78, 5) is 14.9. The molecule has 3 heterocycles. The number of carbonyl (C=O) groups is 1. The van der Waals surface area contributed by atoms with Crippen molar-refractivity contribution in [3.05, 3.63) is 40.0 Å². The van der Waals surface area contributed by atoms with Crippen molar-refractivity contribution in [2.24, 2.45) is 0 Å². The number of nitrogens with zero attached hydrogens (tertiary/aromatic N) is 2. The predicted octanol–water partition coefficient (Wildman–Crippen LogP) is 3.80. The van der Waals surface area contributed by atoms with E-state index in [2.05, 4.69) is 5.43 Å². The summed E-state index contributed by atoms with van der Waals surface area (Å²) in [5, 5.41) is 1.34. The van der Waals surface area contributed by atoms with Gasteiger partial charge in [0.15, 0.2) is 0 Å². The molecule has 0 saturated carbocycles. The molecular weight excluding hydrogens is 433 g/mol. The van der Waals surface area contributed by atoms with Crippen LogP contribution in [-0.4, -0.2) is 48.4 Å². The Morgan fingerprint density at radius 2 is 1.81 bits per heavy atom. The van der Waals surface area contributed by atoms with Crippen molar-refractivity contribution < 1.29 is 27.3 Å². The zero-order valence-electron chi connectivity index (χ0n) is 17.9. The van der Waals surface area contributed by atoms with E-state index < -0.39 is 35.1 Å². The molecule has 168 valence electrons. The largest absolute Gasteiger partial charge is 0.494 e. The van der Waals surface area contributed by atoms with Gasteiger partial charge in [-0.05, 0) is 52.8 Å². The number of halogens is 4. The second kappa shape index (κ2) is 7.13. The lowest BCUT2D eigenvalue weighted by Gasteiger charge is -2.40. The third-order valence-corrected chi connectivity index (χ3v) is 6.74. The molecule has 31 heavy (non-hydrogen) atoms. The van der Waals surface area contributed by atoms with Crippen molar-refractivity contribution in [1.29, 1.82) is 0 Å². The first-order valence-corrected chi connectivity index (χ1v) is 10.4. The Balaban J connectivity index is 1.70. The summed E-state index contributed by atoms with van der Waals surface area (Å²) in [5.41, 5.74) is 2.51. The molecule has 0 bridgehead atoms. The molecule has 2 saturated heterocycles. The topological polar surface area (TPSA) is 54.0 Å². The molecule has 1 N–H and O–H groups in total. The van der Waals surface area contributed by atoms with Crippen molar-refractivity contribution in [1.82, 2.24) is 10.4 Å². The summed E-state index contributed by atoms with van der Waals surface area (Å²) in [6, 6.07) is 3.22. The SMILES string of the molecule is CC1CN(c2ccc(C(F)(F)F)c(Cl)c2)C(=O)C2=C(B3OC(C)(C)C(C)(C)O3)CNN21. The quantitative estimate of drug-likeness (QED) is 0.685. The van der Waals surface area contributed by atoms with E-state index in [1.54, 1.807) is 5.01 Å². The van der Waals surface area contributed by atoms with Crippen LogP contribution in [0.4, 0.5) is 18.9 Å². The molecule has 1 atom stereocenters. The summed E-state index contributed by atoms with van der Waals surface area (Å²) in [6.07, 6.45) is -4.56. The first kappa shape index (κ1) is 22.4. The molecule has 0 aliphatic carbocycles. The first-order valence-electron chi connectivity index (χ1n) is 10.0. The van der Waals surface area contributed by atoms with Gasteiger partial charge in [-0.15, -0.1) is 0 Å². The molecule has 1 unspecified atom stereocenters. The number of hydrazine groups is 1. The summed E-state index contributed by atoms with van der Waals surface area (Å²) in [7, 11) is -0.704. The van der Waals surface area contributed by atoms with Crippen LogP contribution in [-0.2, 0) is 20.3 Å². The van der Waals surface area contributed by atoms with E-state index in [0.29, 0.717) is 23.4 Å². The van der Waals surface area contributed by atoms with Crippen LogP contribution in [0.3, 0.4) is 0 Å². The third kappa shape index (κ3) is 3.63. The van der Waals surface area contributed by atoms with E-state index in [9.17, 15) is 18.0 Å². The number of fused-ring (bicyclic) bond motifs is 1. The average molecular weight is 458 g/mol. The van der Waals surface area contributed by atoms with E-state index in [1.165, 1.54) is 17.0 Å². The van der Waals surface area contributed by atoms with Gasteiger partial charge < -0.3 is 14.2 Å². The maximum absolute atomic E-state index is 13.4. The number of anilines is 1. The number of amides is 1. The Kier molecular flexibility index (Phi) is 5.16. The van der Waals surface area contributed by atoms with Gasteiger partial charge in [0.2, 0.25) is 0 Å². The van der Waals surface area contributed by atoms with Gasteiger partial charge in [-0.25, -0.2) is 5.43 Å². The average Bonchev–Trinajstić information content (AvgIpc) is 3.16. The Bertz CT molecular complexity index is 951. The van der Waals surface area contributed by atoms with Gasteiger partial charge in [-0.1, -0.05) is 11.6 Å². The molecule has 0 aromatic heterocycles. The smallest absolute Gasteiger partial charge is 0.399 e. The van der Waals surface area contributed by atoms with Gasteiger partial charge in [-0.3, -0.25) is 9.80 Å². The maximum atomic E-state index is 13.4. The molecule has 3 aliphatic heterocycles. The summed E-state index contributed by atoms with van der Waals surface area (Å²) >= 11 is 5.89. The van der Waals surface area contributed by atoms with Crippen LogP contribution in [0, 0.1) is 0 Å². The van der Waals surface area contributed by atoms with Crippen molar-refractivity contribution in [2.45, 2.75) is 58.0 Å². The van der Waals surface area contributed by atoms with Crippen LogP contribution in [0.2, 0.25) is 5.02 Å². The van der Waals surface area contributed by atoms with E-state index in [4.69, 9.17) is 20.9 Å². The Hall–Kier alpha value is -1.75. The highest BCUT2D eigenvalue weighted by Gasteiger charge is 2.55. The molecule has 0 radical (unpaired) electrons. The van der Waals surface area contributed by atoms with Crippen LogP contribution in [0.1, 0.15) is 40.2 Å². The van der Waals surface area contributed by atoms with Crippen LogP contribution in [0.25, 0.3) is 0 Å².